The van der Waals surface area contributed by atoms with Crippen molar-refractivity contribution >= 4 is 12.6 Å². The lowest BCUT2D eigenvalue weighted by molar-refractivity contribution is 0.675. The lowest BCUT2D eigenvalue weighted by Gasteiger charge is -2.18. The summed E-state index contributed by atoms with van der Waals surface area (Å²) in [4.78, 5) is 1.25. The summed E-state index contributed by atoms with van der Waals surface area (Å²) < 4.78 is 0. The van der Waals surface area contributed by atoms with Crippen molar-refractivity contribution < 1.29 is 0 Å². The molecule has 0 saturated carbocycles. The van der Waals surface area contributed by atoms with Crippen molar-refractivity contribution in [3.8, 4) is 0 Å². The van der Waals surface area contributed by atoms with Crippen molar-refractivity contribution in [3.05, 3.63) is 22.1 Å². The molecule has 56 valence electrons. The van der Waals surface area contributed by atoms with Crippen molar-refractivity contribution in [3.63, 3.8) is 0 Å². The molecule has 1 aliphatic rings. The van der Waals surface area contributed by atoms with Crippen LogP contribution in [0.5, 0.6) is 0 Å². The summed E-state index contributed by atoms with van der Waals surface area (Å²) >= 11 is 4.39. The molecule has 0 aromatic carbocycles. The third kappa shape index (κ3) is 1.46. The van der Waals surface area contributed by atoms with Crippen molar-refractivity contribution in [2.24, 2.45) is 5.92 Å². The quantitative estimate of drug-likeness (QED) is 0.509. The second-order valence-electron chi connectivity index (χ2n) is 3.12. The lowest BCUT2D eigenvalue weighted by atomic mass is 9.91. The van der Waals surface area contributed by atoms with Gasteiger partial charge in [-0.05, 0) is 36.7 Å². The zero-order valence-corrected chi connectivity index (χ0v) is 7.70. The summed E-state index contributed by atoms with van der Waals surface area (Å²) in [6.45, 7) is 6.56. The van der Waals surface area contributed by atoms with Gasteiger partial charge in [-0.3, -0.25) is 0 Å². The number of rotatable bonds is 0. The highest BCUT2D eigenvalue weighted by molar-refractivity contribution is 7.84. The fraction of sp³-hybridized carbons (Fsp3) is 0.556. The first-order valence-corrected chi connectivity index (χ1v) is 4.13. The largest absolute Gasteiger partial charge is 0.148 e. The minimum atomic E-state index is 0.691. The van der Waals surface area contributed by atoms with Gasteiger partial charge in [0, 0.05) is 0 Å². The first-order valence-electron chi connectivity index (χ1n) is 3.68. The van der Waals surface area contributed by atoms with Gasteiger partial charge >= 0.3 is 0 Å². The molecule has 0 spiro atoms. The van der Waals surface area contributed by atoms with Crippen molar-refractivity contribution in [1.29, 1.82) is 0 Å². The van der Waals surface area contributed by atoms with Crippen LogP contribution in [0.3, 0.4) is 0 Å². The smallest absolute Gasteiger partial charge is 0.0149 e. The van der Waals surface area contributed by atoms with Gasteiger partial charge in [0.2, 0.25) is 0 Å². The fourth-order valence-corrected chi connectivity index (χ4v) is 1.52. The Bertz CT molecular complexity index is 199. The molecule has 0 nitrogen and oxygen atoms in total. The third-order valence-electron chi connectivity index (χ3n) is 2.18. The molecule has 1 atom stereocenters. The minimum Gasteiger partial charge on any atom is -0.148 e. The van der Waals surface area contributed by atoms with Gasteiger partial charge in [0.15, 0.2) is 0 Å². The molecule has 0 heterocycles. The first kappa shape index (κ1) is 7.93. The van der Waals surface area contributed by atoms with Crippen LogP contribution in [0.25, 0.3) is 0 Å². The zero-order chi connectivity index (χ0) is 7.72. The maximum absolute atomic E-state index is 4.39. The molecule has 0 bridgehead atoms. The number of hydrogen-bond acceptors (Lipinski definition) is 1. The van der Waals surface area contributed by atoms with E-state index < -0.39 is 0 Å². The van der Waals surface area contributed by atoms with E-state index in [0.29, 0.717) is 5.92 Å². The van der Waals surface area contributed by atoms with Crippen molar-refractivity contribution in [1.82, 2.24) is 0 Å². The molecule has 0 radical (unpaired) electrons. The molecule has 1 aliphatic carbocycles. The van der Waals surface area contributed by atoms with Crippen LogP contribution < -0.4 is 0 Å². The Balaban J connectivity index is 2.88. The summed E-state index contributed by atoms with van der Waals surface area (Å²) in [7, 11) is 0. The molecule has 0 N–H and O–H groups in total. The van der Waals surface area contributed by atoms with E-state index in [9.17, 15) is 0 Å². The van der Waals surface area contributed by atoms with E-state index in [4.69, 9.17) is 0 Å². The monoisotopic (exact) mass is 154 g/mol. The van der Waals surface area contributed by atoms with Gasteiger partial charge in [0.1, 0.15) is 0 Å². The van der Waals surface area contributed by atoms with E-state index in [2.05, 4.69) is 39.5 Å². The SMILES string of the molecule is CC1=CC(C)=C(S)CC1C. The van der Waals surface area contributed by atoms with Gasteiger partial charge in [0.25, 0.3) is 0 Å². The Hall–Kier alpha value is -0.170. The predicted octanol–water partition coefficient (Wildman–Crippen LogP) is 3.18. The second kappa shape index (κ2) is 2.83. The standard InChI is InChI=1S/C9H14S/c1-6-4-8(3)9(10)5-7(6)2/h4,7,10H,5H2,1-3H3. The van der Waals surface area contributed by atoms with E-state index >= 15 is 0 Å². The molecule has 0 aromatic rings. The number of allylic oxidation sites excluding steroid dienone is 4. The Morgan fingerprint density at radius 2 is 2.10 bits per heavy atom. The van der Waals surface area contributed by atoms with E-state index in [1.807, 2.05) is 0 Å². The van der Waals surface area contributed by atoms with Gasteiger partial charge in [-0.1, -0.05) is 18.6 Å². The van der Waals surface area contributed by atoms with E-state index in [-0.39, 0.29) is 0 Å². The van der Waals surface area contributed by atoms with E-state index in [0.717, 1.165) is 6.42 Å². The minimum absolute atomic E-state index is 0.691. The number of thiol groups is 1. The molecule has 1 rings (SSSR count). The Morgan fingerprint density at radius 1 is 1.50 bits per heavy atom. The van der Waals surface area contributed by atoms with Gasteiger partial charge in [-0.25, -0.2) is 0 Å². The summed E-state index contributed by atoms with van der Waals surface area (Å²) in [5, 5.41) is 0. The van der Waals surface area contributed by atoms with Crippen LogP contribution in [0, 0.1) is 5.92 Å². The second-order valence-corrected chi connectivity index (χ2v) is 3.66. The molecule has 0 fully saturated rings. The van der Waals surface area contributed by atoms with Crippen LogP contribution in [0.4, 0.5) is 0 Å². The van der Waals surface area contributed by atoms with Gasteiger partial charge < -0.3 is 0 Å². The van der Waals surface area contributed by atoms with Crippen LogP contribution in [-0.4, -0.2) is 0 Å². The molecule has 0 aromatic heterocycles. The maximum Gasteiger partial charge on any atom is -0.0149 e. The maximum atomic E-state index is 4.39. The topological polar surface area (TPSA) is 0 Å². The van der Waals surface area contributed by atoms with Crippen LogP contribution in [-0.2, 0) is 0 Å². The Kier molecular flexibility index (Phi) is 2.24. The summed E-state index contributed by atoms with van der Waals surface area (Å²) in [5.41, 5.74) is 2.81. The number of hydrogen-bond donors (Lipinski definition) is 1. The normalized spacial score (nSPS) is 26.8. The summed E-state index contributed by atoms with van der Waals surface area (Å²) in [6.07, 6.45) is 3.35. The summed E-state index contributed by atoms with van der Waals surface area (Å²) in [6, 6.07) is 0. The van der Waals surface area contributed by atoms with Crippen LogP contribution in [0.2, 0.25) is 0 Å². The Morgan fingerprint density at radius 3 is 2.60 bits per heavy atom. The molecule has 1 heteroatoms. The highest BCUT2D eigenvalue weighted by Gasteiger charge is 2.11. The van der Waals surface area contributed by atoms with Crippen LogP contribution in [0.15, 0.2) is 22.1 Å². The van der Waals surface area contributed by atoms with Gasteiger partial charge in [-0.15, -0.1) is 12.6 Å². The van der Waals surface area contributed by atoms with Crippen molar-refractivity contribution in [2.75, 3.05) is 0 Å². The van der Waals surface area contributed by atoms with Gasteiger partial charge in [-0.2, -0.15) is 0 Å². The van der Waals surface area contributed by atoms with Gasteiger partial charge in [0.05, 0.1) is 0 Å². The third-order valence-corrected chi connectivity index (χ3v) is 2.71. The van der Waals surface area contributed by atoms with E-state index in [1.54, 1.807) is 0 Å². The molecule has 1 unspecified atom stereocenters. The average Bonchev–Trinajstić information content (AvgIpc) is 1.84. The highest BCUT2D eigenvalue weighted by Crippen LogP contribution is 2.29. The van der Waals surface area contributed by atoms with Crippen molar-refractivity contribution in [2.45, 2.75) is 27.2 Å². The first-order chi connectivity index (χ1) is 4.61. The van der Waals surface area contributed by atoms with E-state index in [1.165, 1.54) is 16.1 Å². The molecule has 0 saturated heterocycles. The molecule has 10 heavy (non-hydrogen) atoms. The lowest BCUT2D eigenvalue weighted by Crippen LogP contribution is -2.02. The van der Waals surface area contributed by atoms with Crippen LogP contribution in [0.1, 0.15) is 27.2 Å². The highest BCUT2D eigenvalue weighted by atomic mass is 32.1. The predicted molar refractivity (Wildman–Crippen MR) is 49.2 cm³/mol. The molecule has 0 amide bonds. The molecule has 0 aliphatic heterocycles. The molecular formula is C9H14S. The zero-order valence-electron chi connectivity index (χ0n) is 6.81. The fourth-order valence-electron chi connectivity index (χ4n) is 1.18. The van der Waals surface area contributed by atoms with Crippen LogP contribution >= 0.6 is 12.6 Å². The summed E-state index contributed by atoms with van der Waals surface area (Å²) in [5.74, 6) is 0.691. The Labute approximate surface area is 68.4 Å². The molecular weight excluding hydrogens is 140 g/mol. The average molecular weight is 154 g/mol.